The van der Waals surface area contributed by atoms with E-state index in [9.17, 15) is 10.2 Å². The fourth-order valence-electron chi connectivity index (χ4n) is 6.11. The van der Waals surface area contributed by atoms with Crippen molar-refractivity contribution in [2.45, 2.75) is 103 Å². The molecular weight excluding hydrogens is 506 g/mol. The Bertz CT molecular complexity index is 926. The number of aliphatic hydroxyl groups excluding tert-OH is 2. The minimum atomic E-state index is 0.150. The molecule has 5 heteroatoms. The quantitative estimate of drug-likeness (QED) is 0.264. The summed E-state index contributed by atoms with van der Waals surface area (Å²) in [7, 11) is 0. The molecule has 0 aromatic heterocycles. The molecule has 0 radical (unpaired) electrons. The van der Waals surface area contributed by atoms with Gasteiger partial charge in [-0.3, -0.25) is 9.80 Å². The third kappa shape index (κ3) is 11.4. The highest BCUT2D eigenvalue weighted by atomic mass is 16.3. The third-order valence-electron chi connectivity index (χ3n) is 8.80. The van der Waals surface area contributed by atoms with Crippen LogP contribution in [-0.4, -0.2) is 84.6 Å². The molecular formula is C36H59N3O2. The zero-order valence-corrected chi connectivity index (χ0v) is 27.0. The van der Waals surface area contributed by atoms with Crippen LogP contribution in [0.3, 0.4) is 0 Å². The molecule has 5 nitrogen and oxygen atoms in total. The van der Waals surface area contributed by atoms with Gasteiger partial charge in [0.15, 0.2) is 0 Å². The number of hydrogen-bond donors (Lipinski definition) is 3. The van der Waals surface area contributed by atoms with Crippen LogP contribution in [0.5, 0.6) is 0 Å². The second kappa shape index (κ2) is 16.2. The van der Waals surface area contributed by atoms with Crippen molar-refractivity contribution in [3.8, 4) is 0 Å². The number of piperidine rings is 1. The molecule has 230 valence electrons. The molecule has 1 atom stereocenters. The van der Waals surface area contributed by atoms with E-state index < -0.39 is 0 Å². The summed E-state index contributed by atoms with van der Waals surface area (Å²) in [6.07, 6.45) is 6.96. The molecule has 0 bridgehead atoms. The molecule has 0 aliphatic carbocycles. The fraction of sp³-hybridized carbons (Fsp3) is 0.667. The van der Waals surface area contributed by atoms with Gasteiger partial charge in [-0.2, -0.15) is 0 Å². The first-order chi connectivity index (χ1) is 19.5. The number of rotatable bonds is 15. The maximum Gasteiger partial charge on any atom is 0.0558 e. The van der Waals surface area contributed by atoms with Crippen molar-refractivity contribution in [2.24, 2.45) is 0 Å². The first-order valence-electron chi connectivity index (χ1n) is 16.1. The predicted molar refractivity (Wildman–Crippen MR) is 174 cm³/mol. The summed E-state index contributed by atoms with van der Waals surface area (Å²) in [5.41, 5.74) is 5.90. The lowest BCUT2D eigenvalue weighted by Crippen LogP contribution is -2.46. The first kappa shape index (κ1) is 33.7. The highest BCUT2D eigenvalue weighted by molar-refractivity contribution is 5.30. The van der Waals surface area contributed by atoms with Crippen molar-refractivity contribution in [1.82, 2.24) is 15.1 Å². The summed E-state index contributed by atoms with van der Waals surface area (Å²) >= 11 is 0. The Balaban J connectivity index is 1.64. The van der Waals surface area contributed by atoms with Crippen LogP contribution in [0.25, 0.3) is 0 Å². The molecule has 3 N–H and O–H groups in total. The van der Waals surface area contributed by atoms with E-state index in [1.165, 1.54) is 48.1 Å². The third-order valence-corrected chi connectivity index (χ3v) is 8.80. The van der Waals surface area contributed by atoms with Gasteiger partial charge in [-0.25, -0.2) is 0 Å². The maximum atomic E-state index is 9.39. The standard InChI is InChI=1S/C36H59N3O2/c1-35(2,3)31-14-10-29(11-15-31)27-33(28-30-12-16-32(17-13-30)36(4,5)6)37-19-22-39-20-8-7-9-34(39)18-21-38(23-25-40)24-26-41/h10-17,33-34,37,40-41H,7-9,18-28H2,1-6H3. The van der Waals surface area contributed by atoms with Gasteiger partial charge in [-0.1, -0.05) is 96.5 Å². The highest BCUT2D eigenvalue weighted by Gasteiger charge is 2.23. The first-order valence-corrected chi connectivity index (χ1v) is 16.1. The molecule has 1 saturated heterocycles. The van der Waals surface area contributed by atoms with Crippen molar-refractivity contribution in [3.05, 3.63) is 70.8 Å². The molecule has 1 heterocycles. The Kier molecular flexibility index (Phi) is 13.3. The van der Waals surface area contributed by atoms with Gasteiger partial charge in [0, 0.05) is 38.3 Å². The summed E-state index contributed by atoms with van der Waals surface area (Å²) in [5, 5.41) is 22.7. The summed E-state index contributed by atoms with van der Waals surface area (Å²) in [6, 6.07) is 19.5. The predicted octanol–water partition coefficient (Wildman–Crippen LogP) is 5.56. The normalized spacial score (nSPS) is 17.1. The second-order valence-electron chi connectivity index (χ2n) is 14.2. The number of benzene rings is 2. The zero-order valence-electron chi connectivity index (χ0n) is 27.0. The van der Waals surface area contributed by atoms with Gasteiger partial charge in [-0.05, 0) is 78.3 Å². The van der Waals surface area contributed by atoms with Crippen molar-refractivity contribution in [2.75, 3.05) is 52.5 Å². The van der Waals surface area contributed by atoms with Crippen molar-refractivity contribution in [1.29, 1.82) is 0 Å². The number of likely N-dealkylation sites (tertiary alicyclic amines) is 1. The van der Waals surface area contributed by atoms with Gasteiger partial charge in [0.1, 0.15) is 0 Å². The molecule has 1 aliphatic heterocycles. The van der Waals surface area contributed by atoms with Crippen LogP contribution in [0.15, 0.2) is 48.5 Å². The minimum Gasteiger partial charge on any atom is -0.395 e. The lowest BCUT2D eigenvalue weighted by Gasteiger charge is -2.37. The molecule has 1 unspecified atom stereocenters. The molecule has 1 aliphatic rings. The van der Waals surface area contributed by atoms with Gasteiger partial charge in [0.2, 0.25) is 0 Å². The van der Waals surface area contributed by atoms with E-state index in [0.717, 1.165) is 38.9 Å². The Morgan fingerprint density at radius 2 is 1.29 bits per heavy atom. The van der Waals surface area contributed by atoms with Crippen LogP contribution in [0.1, 0.15) is 89.5 Å². The van der Waals surface area contributed by atoms with Crippen molar-refractivity contribution in [3.63, 3.8) is 0 Å². The van der Waals surface area contributed by atoms with E-state index in [4.69, 9.17) is 0 Å². The summed E-state index contributed by atoms with van der Waals surface area (Å²) in [4.78, 5) is 4.87. The average molecular weight is 566 g/mol. The van der Waals surface area contributed by atoms with Gasteiger partial charge in [0.25, 0.3) is 0 Å². The van der Waals surface area contributed by atoms with Crippen molar-refractivity contribution < 1.29 is 10.2 Å². The Morgan fingerprint density at radius 3 is 1.76 bits per heavy atom. The molecule has 0 amide bonds. The molecule has 41 heavy (non-hydrogen) atoms. The Morgan fingerprint density at radius 1 is 0.780 bits per heavy atom. The molecule has 2 aromatic carbocycles. The monoisotopic (exact) mass is 565 g/mol. The Labute approximate surface area is 251 Å². The maximum absolute atomic E-state index is 9.39. The van der Waals surface area contributed by atoms with E-state index in [-0.39, 0.29) is 24.0 Å². The van der Waals surface area contributed by atoms with Crippen LogP contribution in [0, 0.1) is 0 Å². The van der Waals surface area contributed by atoms with E-state index in [1.807, 2.05) is 0 Å². The minimum absolute atomic E-state index is 0.150. The number of hydrogen-bond acceptors (Lipinski definition) is 5. The Hall–Kier alpha value is -1.76. The summed E-state index contributed by atoms with van der Waals surface area (Å²) < 4.78 is 0. The zero-order chi connectivity index (χ0) is 29.9. The summed E-state index contributed by atoms with van der Waals surface area (Å²) in [6.45, 7) is 19.4. The second-order valence-corrected chi connectivity index (χ2v) is 14.2. The smallest absolute Gasteiger partial charge is 0.0558 e. The van der Waals surface area contributed by atoms with E-state index in [0.29, 0.717) is 25.2 Å². The highest BCUT2D eigenvalue weighted by Crippen LogP contribution is 2.25. The number of nitrogens with zero attached hydrogens (tertiary/aromatic N) is 2. The van der Waals surface area contributed by atoms with Crippen LogP contribution in [-0.2, 0) is 23.7 Å². The largest absolute Gasteiger partial charge is 0.395 e. The van der Waals surface area contributed by atoms with E-state index in [2.05, 4.69) is 105 Å². The fourth-order valence-corrected chi connectivity index (χ4v) is 6.11. The number of nitrogens with one attached hydrogen (secondary N) is 1. The molecule has 1 fully saturated rings. The topological polar surface area (TPSA) is 59.0 Å². The SMILES string of the molecule is CC(C)(C)c1ccc(CC(Cc2ccc(C(C)(C)C)cc2)NCCN2CCCCC2CCN(CCO)CCO)cc1. The van der Waals surface area contributed by atoms with E-state index in [1.54, 1.807) is 0 Å². The van der Waals surface area contributed by atoms with Crippen LogP contribution < -0.4 is 5.32 Å². The molecule has 0 spiro atoms. The van der Waals surface area contributed by atoms with Gasteiger partial charge in [0.05, 0.1) is 13.2 Å². The van der Waals surface area contributed by atoms with Gasteiger partial charge < -0.3 is 15.5 Å². The molecule has 2 aromatic rings. The van der Waals surface area contributed by atoms with Crippen LogP contribution in [0.4, 0.5) is 0 Å². The molecule has 0 saturated carbocycles. The number of aliphatic hydroxyl groups is 2. The summed E-state index contributed by atoms with van der Waals surface area (Å²) in [5.74, 6) is 0. The van der Waals surface area contributed by atoms with E-state index >= 15 is 0 Å². The van der Waals surface area contributed by atoms with Gasteiger partial charge >= 0.3 is 0 Å². The van der Waals surface area contributed by atoms with Crippen LogP contribution >= 0.6 is 0 Å². The lowest BCUT2D eigenvalue weighted by molar-refractivity contribution is 0.110. The van der Waals surface area contributed by atoms with Crippen molar-refractivity contribution >= 4 is 0 Å². The van der Waals surface area contributed by atoms with Gasteiger partial charge in [-0.15, -0.1) is 0 Å². The lowest BCUT2D eigenvalue weighted by atomic mass is 9.85. The molecule has 3 rings (SSSR count). The average Bonchev–Trinajstić information content (AvgIpc) is 2.92. The van der Waals surface area contributed by atoms with Crippen LogP contribution in [0.2, 0.25) is 0 Å².